The minimum absolute atomic E-state index is 0.154. The highest BCUT2D eigenvalue weighted by atomic mass is 16.4. The van der Waals surface area contributed by atoms with E-state index in [-0.39, 0.29) is 6.42 Å². The number of aromatic amines is 1. The molecule has 184 valence electrons. The van der Waals surface area contributed by atoms with Crippen LogP contribution in [0.3, 0.4) is 0 Å². The number of carbonyl (C=O) groups excluding carboxylic acids is 4. The van der Waals surface area contributed by atoms with Crippen LogP contribution in [-0.4, -0.2) is 91.3 Å². The topological polar surface area (TPSA) is 263 Å². The van der Waals surface area contributed by atoms with Crippen LogP contribution >= 0.6 is 0 Å². The molecular weight excluding hydrogens is 442 g/mol. The number of carbonyl (C=O) groups is 5. The number of hydrogen-bond donors (Lipinski definition) is 9. The van der Waals surface area contributed by atoms with E-state index in [0.717, 1.165) is 0 Å². The van der Waals surface area contributed by atoms with Crippen LogP contribution in [0.15, 0.2) is 12.5 Å². The van der Waals surface area contributed by atoms with Gasteiger partial charge in [0.05, 0.1) is 25.0 Å². The van der Waals surface area contributed by atoms with E-state index in [1.54, 1.807) is 0 Å². The second kappa shape index (κ2) is 12.5. The smallest absolute Gasteiger partial charge is 0.326 e. The van der Waals surface area contributed by atoms with Crippen LogP contribution in [0.4, 0.5) is 0 Å². The molecule has 6 unspecified atom stereocenters. The molecule has 1 heterocycles. The molecule has 0 aromatic carbocycles. The number of hydrogen-bond acceptors (Lipinski definition) is 9. The maximum atomic E-state index is 12.6. The van der Waals surface area contributed by atoms with Crippen LogP contribution in [0.2, 0.25) is 0 Å². The van der Waals surface area contributed by atoms with Crippen LogP contribution in [0.5, 0.6) is 0 Å². The molecule has 0 saturated heterocycles. The monoisotopic (exact) mass is 471 g/mol. The fourth-order valence-corrected chi connectivity index (χ4v) is 2.63. The van der Waals surface area contributed by atoms with Crippen LogP contribution < -0.4 is 27.4 Å². The first-order valence-corrected chi connectivity index (χ1v) is 9.84. The fourth-order valence-electron chi connectivity index (χ4n) is 2.63. The van der Waals surface area contributed by atoms with Gasteiger partial charge in [-0.3, -0.25) is 19.2 Å². The number of nitrogens with zero attached hydrogens (tertiary/aromatic N) is 1. The summed E-state index contributed by atoms with van der Waals surface area (Å²) in [6.45, 7) is 2.41. The van der Waals surface area contributed by atoms with Crippen molar-refractivity contribution < 1.29 is 39.3 Å². The molecule has 0 aliphatic carbocycles. The van der Waals surface area contributed by atoms with Crippen molar-refractivity contribution in [2.24, 2.45) is 11.5 Å². The SMILES string of the molecule is CC(O)C(N)C(=O)NC(CC(N)=O)C(=O)NC(C(=O)NC(Cc1cnc[nH]1)C(=O)O)C(C)O. The number of carboxylic acids is 1. The molecule has 1 aromatic heterocycles. The first-order chi connectivity index (χ1) is 15.3. The Balaban J connectivity index is 2.95. The Bertz CT molecular complexity index is 843. The lowest BCUT2D eigenvalue weighted by atomic mass is 10.1. The summed E-state index contributed by atoms with van der Waals surface area (Å²) in [6.07, 6.45) is -0.882. The first kappa shape index (κ1) is 27.5. The zero-order valence-electron chi connectivity index (χ0n) is 18.0. The lowest BCUT2D eigenvalue weighted by Crippen LogP contribution is -2.61. The highest BCUT2D eigenvalue weighted by Crippen LogP contribution is 2.03. The van der Waals surface area contributed by atoms with E-state index in [9.17, 15) is 39.3 Å². The third-order valence-electron chi connectivity index (χ3n) is 4.52. The predicted octanol–water partition coefficient (Wildman–Crippen LogP) is -4.54. The standard InChI is InChI=1S/C18H29N7O8/c1-7(26)13(20)16(30)23-10(4-12(19)28)15(29)25-14(8(2)27)17(31)24-11(18(32)33)3-9-5-21-6-22-9/h5-8,10-11,13-14,26-27H,3-4,20H2,1-2H3,(H2,19,28)(H,21,22)(H,23,30)(H,24,31)(H,25,29)(H,32,33). The number of nitrogens with two attached hydrogens (primary N) is 2. The third kappa shape index (κ3) is 8.83. The van der Waals surface area contributed by atoms with Gasteiger partial charge in [0, 0.05) is 18.3 Å². The van der Waals surface area contributed by atoms with Gasteiger partial charge in [-0.15, -0.1) is 0 Å². The predicted molar refractivity (Wildman–Crippen MR) is 111 cm³/mol. The Morgan fingerprint density at radius 1 is 1.00 bits per heavy atom. The molecule has 33 heavy (non-hydrogen) atoms. The number of aliphatic hydroxyl groups excluding tert-OH is 2. The average molecular weight is 471 g/mol. The minimum Gasteiger partial charge on any atom is -0.480 e. The summed E-state index contributed by atoms with van der Waals surface area (Å²) in [7, 11) is 0. The molecule has 0 radical (unpaired) electrons. The van der Waals surface area contributed by atoms with E-state index in [2.05, 4.69) is 25.9 Å². The molecule has 1 aromatic rings. The summed E-state index contributed by atoms with van der Waals surface area (Å²) in [6, 6.07) is -6.04. The van der Waals surface area contributed by atoms with E-state index >= 15 is 0 Å². The van der Waals surface area contributed by atoms with Crippen molar-refractivity contribution in [1.82, 2.24) is 25.9 Å². The van der Waals surface area contributed by atoms with Crippen molar-refractivity contribution in [3.05, 3.63) is 18.2 Å². The summed E-state index contributed by atoms with van der Waals surface area (Å²) < 4.78 is 0. The molecule has 0 aliphatic heterocycles. The molecule has 1 rings (SSSR count). The lowest BCUT2D eigenvalue weighted by Gasteiger charge is -2.26. The van der Waals surface area contributed by atoms with Gasteiger partial charge in [-0.1, -0.05) is 0 Å². The zero-order valence-corrected chi connectivity index (χ0v) is 18.0. The minimum atomic E-state index is -1.64. The van der Waals surface area contributed by atoms with Gasteiger partial charge in [0.25, 0.3) is 0 Å². The molecule has 0 bridgehead atoms. The molecule has 0 spiro atoms. The van der Waals surface area contributed by atoms with Gasteiger partial charge in [0.2, 0.25) is 23.6 Å². The molecule has 6 atom stereocenters. The Hall–Kier alpha value is -3.56. The van der Waals surface area contributed by atoms with Gasteiger partial charge in [-0.05, 0) is 13.8 Å². The summed E-state index contributed by atoms with van der Waals surface area (Å²) in [5, 5.41) is 35.3. The van der Waals surface area contributed by atoms with Gasteiger partial charge in [0.1, 0.15) is 24.2 Å². The molecule has 15 nitrogen and oxygen atoms in total. The Morgan fingerprint density at radius 2 is 1.61 bits per heavy atom. The van der Waals surface area contributed by atoms with E-state index in [1.807, 2.05) is 0 Å². The maximum absolute atomic E-state index is 12.6. The van der Waals surface area contributed by atoms with E-state index in [4.69, 9.17) is 11.5 Å². The van der Waals surface area contributed by atoms with Crippen LogP contribution in [0.25, 0.3) is 0 Å². The Kier molecular flexibility index (Phi) is 10.4. The molecular formula is C18H29N7O8. The molecule has 15 heteroatoms. The van der Waals surface area contributed by atoms with E-state index in [0.29, 0.717) is 5.69 Å². The Morgan fingerprint density at radius 3 is 2.06 bits per heavy atom. The maximum Gasteiger partial charge on any atom is 0.326 e. The zero-order chi connectivity index (χ0) is 25.3. The number of nitrogens with one attached hydrogen (secondary N) is 4. The van der Waals surface area contributed by atoms with E-state index in [1.165, 1.54) is 26.4 Å². The lowest BCUT2D eigenvalue weighted by molar-refractivity contribution is -0.143. The highest BCUT2D eigenvalue weighted by Gasteiger charge is 2.33. The number of amides is 4. The molecule has 4 amide bonds. The number of primary amides is 1. The number of aromatic nitrogens is 2. The van der Waals surface area contributed by atoms with Gasteiger partial charge in [-0.2, -0.15) is 0 Å². The molecule has 0 aliphatic rings. The quantitative estimate of drug-likeness (QED) is 0.133. The van der Waals surface area contributed by atoms with Crippen molar-refractivity contribution >= 4 is 29.6 Å². The van der Waals surface area contributed by atoms with Crippen molar-refractivity contribution in [3.8, 4) is 0 Å². The number of imidazole rings is 1. The number of aliphatic carboxylic acids is 1. The van der Waals surface area contributed by atoms with Crippen molar-refractivity contribution in [2.75, 3.05) is 0 Å². The van der Waals surface area contributed by atoms with Crippen LogP contribution in [0.1, 0.15) is 26.0 Å². The largest absolute Gasteiger partial charge is 0.480 e. The first-order valence-electron chi connectivity index (χ1n) is 9.84. The van der Waals surface area contributed by atoms with Crippen molar-refractivity contribution in [1.29, 1.82) is 0 Å². The number of rotatable bonds is 13. The third-order valence-corrected chi connectivity index (χ3v) is 4.52. The summed E-state index contributed by atoms with van der Waals surface area (Å²) in [5.74, 6) is -5.41. The molecule has 11 N–H and O–H groups in total. The molecule has 0 fully saturated rings. The number of carboxylic acid groups (broad SMARTS) is 1. The normalized spacial score (nSPS) is 16.4. The summed E-state index contributed by atoms with van der Waals surface area (Å²) in [4.78, 5) is 66.6. The molecule has 0 saturated carbocycles. The number of H-pyrrole nitrogens is 1. The summed E-state index contributed by atoms with van der Waals surface area (Å²) >= 11 is 0. The van der Waals surface area contributed by atoms with Gasteiger partial charge < -0.3 is 47.7 Å². The van der Waals surface area contributed by atoms with Gasteiger partial charge >= 0.3 is 5.97 Å². The van der Waals surface area contributed by atoms with Crippen molar-refractivity contribution in [3.63, 3.8) is 0 Å². The van der Waals surface area contributed by atoms with Gasteiger partial charge in [0.15, 0.2) is 0 Å². The highest BCUT2D eigenvalue weighted by molar-refractivity contribution is 5.96. The van der Waals surface area contributed by atoms with Crippen molar-refractivity contribution in [2.45, 2.75) is 63.1 Å². The van der Waals surface area contributed by atoms with Gasteiger partial charge in [-0.25, -0.2) is 9.78 Å². The second-order valence-electron chi connectivity index (χ2n) is 7.41. The Labute approximate surface area is 188 Å². The average Bonchev–Trinajstić information content (AvgIpc) is 3.22. The summed E-state index contributed by atoms with van der Waals surface area (Å²) in [5.41, 5.74) is 11.0. The van der Waals surface area contributed by atoms with Crippen LogP contribution in [0, 0.1) is 0 Å². The van der Waals surface area contributed by atoms with Crippen LogP contribution in [-0.2, 0) is 30.4 Å². The second-order valence-corrected chi connectivity index (χ2v) is 7.41. The van der Waals surface area contributed by atoms with E-state index < -0.39 is 72.4 Å². The number of aliphatic hydroxyl groups is 2. The fraction of sp³-hybridized carbons (Fsp3) is 0.556.